The first-order valence-corrected chi connectivity index (χ1v) is 11.1. The molecular weight excluding hydrogens is 348 g/mol. The minimum atomic E-state index is 0. The molecule has 0 saturated heterocycles. The molecule has 0 saturated carbocycles. The molecule has 3 aromatic carbocycles. The van der Waals surface area contributed by atoms with Crippen LogP contribution in [0, 0.1) is 11.8 Å². The van der Waals surface area contributed by atoms with E-state index in [-0.39, 0.29) is 7.43 Å². The molecular formula is C29H46. The summed E-state index contributed by atoms with van der Waals surface area (Å²) in [5.41, 5.74) is 2.89. The van der Waals surface area contributed by atoms with Crippen molar-refractivity contribution >= 4 is 10.8 Å². The maximum Gasteiger partial charge on any atom is -0.0181 e. The predicted molar refractivity (Wildman–Crippen MR) is 137 cm³/mol. The lowest BCUT2D eigenvalue weighted by Gasteiger charge is -2.06. The van der Waals surface area contributed by atoms with Crippen molar-refractivity contribution in [1.82, 2.24) is 0 Å². The van der Waals surface area contributed by atoms with Crippen molar-refractivity contribution < 1.29 is 0 Å². The zero-order valence-corrected chi connectivity index (χ0v) is 19.5. The Kier molecular flexibility index (Phi) is 18.1. The first-order chi connectivity index (χ1) is 13.5. The van der Waals surface area contributed by atoms with Crippen LogP contribution in [0.25, 0.3) is 10.8 Å². The third kappa shape index (κ3) is 12.9. The second-order valence-corrected chi connectivity index (χ2v) is 7.36. The lowest BCUT2D eigenvalue weighted by Crippen LogP contribution is -1.93. The lowest BCUT2D eigenvalue weighted by atomic mass is 10.00. The summed E-state index contributed by atoms with van der Waals surface area (Å²) in [4.78, 5) is 0. The standard InChI is InChI=1S/C14H16.C10H14.2C2H6.CH4/c1-11(2)9-12-7-8-13-5-3-4-6-14(13)10-12;1-9(2)8-10-6-4-3-5-7-10;2*1-2;/h3-8,10-11H,9H2,1-2H3;3-7,9H,8H2,1-2H3;2*1-2H3;1H4. The van der Waals surface area contributed by atoms with Gasteiger partial charge in [-0.15, -0.1) is 0 Å². The molecule has 0 nitrogen and oxygen atoms in total. The molecule has 0 bridgehead atoms. The Balaban J connectivity index is 0. The second kappa shape index (κ2) is 18.0. The van der Waals surface area contributed by atoms with E-state index in [4.69, 9.17) is 0 Å². The van der Waals surface area contributed by atoms with E-state index in [2.05, 4.69) is 100 Å². The quantitative estimate of drug-likeness (QED) is 0.413. The van der Waals surface area contributed by atoms with Gasteiger partial charge in [-0.25, -0.2) is 0 Å². The summed E-state index contributed by atoms with van der Waals surface area (Å²) in [7, 11) is 0. The van der Waals surface area contributed by atoms with Gasteiger partial charge in [-0.3, -0.25) is 0 Å². The van der Waals surface area contributed by atoms with Gasteiger partial charge in [0.25, 0.3) is 0 Å². The van der Waals surface area contributed by atoms with Crippen molar-refractivity contribution in [3.05, 3.63) is 83.9 Å². The van der Waals surface area contributed by atoms with Crippen LogP contribution < -0.4 is 0 Å². The number of hydrogen-bond donors (Lipinski definition) is 0. The SMILES string of the molecule is C.CC.CC.CC(C)Cc1ccc2ccccc2c1.CC(C)Cc1ccccc1. The third-order valence-corrected chi connectivity index (χ3v) is 3.94. The lowest BCUT2D eigenvalue weighted by molar-refractivity contribution is 0.647. The van der Waals surface area contributed by atoms with E-state index >= 15 is 0 Å². The number of fused-ring (bicyclic) bond motifs is 1. The van der Waals surface area contributed by atoms with E-state index in [9.17, 15) is 0 Å². The fourth-order valence-corrected chi connectivity index (χ4v) is 2.92. The van der Waals surface area contributed by atoms with E-state index < -0.39 is 0 Å². The molecule has 0 atom stereocenters. The highest BCUT2D eigenvalue weighted by Crippen LogP contribution is 2.17. The molecule has 0 unspecified atom stereocenters. The van der Waals surface area contributed by atoms with Crippen LogP contribution in [-0.2, 0) is 12.8 Å². The summed E-state index contributed by atoms with van der Waals surface area (Å²) in [5.74, 6) is 1.50. The Hall–Kier alpha value is -2.08. The molecule has 0 fully saturated rings. The molecule has 0 heterocycles. The van der Waals surface area contributed by atoms with Gasteiger partial charge in [0.1, 0.15) is 0 Å². The Labute approximate surface area is 182 Å². The molecule has 0 amide bonds. The van der Waals surface area contributed by atoms with Crippen molar-refractivity contribution in [3.63, 3.8) is 0 Å². The van der Waals surface area contributed by atoms with Crippen molar-refractivity contribution in [2.24, 2.45) is 11.8 Å². The largest absolute Gasteiger partial charge is 0.0776 e. The Morgan fingerprint density at radius 1 is 0.517 bits per heavy atom. The van der Waals surface area contributed by atoms with Crippen LogP contribution in [0.2, 0.25) is 0 Å². The van der Waals surface area contributed by atoms with Crippen LogP contribution in [0.15, 0.2) is 72.8 Å². The highest BCUT2D eigenvalue weighted by atomic mass is 14.0. The maximum absolute atomic E-state index is 2.30. The van der Waals surface area contributed by atoms with Crippen LogP contribution in [0.3, 0.4) is 0 Å². The normalized spacial score (nSPS) is 9.31. The Morgan fingerprint density at radius 3 is 1.48 bits per heavy atom. The fourth-order valence-electron chi connectivity index (χ4n) is 2.92. The fraction of sp³-hybridized carbons (Fsp3) is 0.448. The third-order valence-electron chi connectivity index (χ3n) is 3.94. The topological polar surface area (TPSA) is 0 Å². The van der Waals surface area contributed by atoms with E-state index in [1.54, 1.807) is 0 Å². The number of rotatable bonds is 4. The van der Waals surface area contributed by atoms with Gasteiger partial charge < -0.3 is 0 Å². The highest BCUT2D eigenvalue weighted by molar-refractivity contribution is 5.82. The summed E-state index contributed by atoms with van der Waals surface area (Å²) >= 11 is 0. The van der Waals surface area contributed by atoms with Gasteiger partial charge in [-0.05, 0) is 46.6 Å². The molecule has 29 heavy (non-hydrogen) atoms. The minimum Gasteiger partial charge on any atom is -0.0776 e. The smallest absolute Gasteiger partial charge is 0.0181 e. The minimum absolute atomic E-state index is 0. The Morgan fingerprint density at radius 2 is 0.966 bits per heavy atom. The first kappa shape index (κ1) is 29.1. The van der Waals surface area contributed by atoms with E-state index in [1.807, 2.05) is 27.7 Å². The summed E-state index contributed by atoms with van der Waals surface area (Å²) < 4.78 is 0. The molecule has 0 aliphatic heterocycles. The molecule has 0 N–H and O–H groups in total. The molecule has 0 spiro atoms. The monoisotopic (exact) mass is 394 g/mol. The first-order valence-electron chi connectivity index (χ1n) is 11.1. The molecule has 3 rings (SSSR count). The van der Waals surface area contributed by atoms with Crippen molar-refractivity contribution in [3.8, 4) is 0 Å². The molecule has 0 aliphatic rings. The van der Waals surface area contributed by atoms with Gasteiger partial charge in [-0.1, -0.05) is 136 Å². The van der Waals surface area contributed by atoms with Gasteiger partial charge in [0.05, 0.1) is 0 Å². The highest BCUT2D eigenvalue weighted by Gasteiger charge is 1.98. The van der Waals surface area contributed by atoms with Gasteiger partial charge in [0.2, 0.25) is 0 Å². The number of hydrogen-bond acceptors (Lipinski definition) is 0. The maximum atomic E-state index is 2.30. The van der Waals surface area contributed by atoms with Crippen LogP contribution in [0.1, 0.15) is 73.9 Å². The summed E-state index contributed by atoms with van der Waals surface area (Å²) in [6, 6.07) is 25.9. The van der Waals surface area contributed by atoms with Crippen molar-refractivity contribution in [2.45, 2.75) is 75.7 Å². The second-order valence-electron chi connectivity index (χ2n) is 7.36. The zero-order chi connectivity index (χ0) is 21.4. The Bertz CT molecular complexity index is 723. The molecule has 3 aromatic rings. The van der Waals surface area contributed by atoms with E-state index in [1.165, 1.54) is 34.7 Å². The van der Waals surface area contributed by atoms with Crippen LogP contribution in [0.5, 0.6) is 0 Å². The number of benzene rings is 3. The zero-order valence-electron chi connectivity index (χ0n) is 19.5. The van der Waals surface area contributed by atoms with Crippen LogP contribution in [0.4, 0.5) is 0 Å². The van der Waals surface area contributed by atoms with Gasteiger partial charge in [-0.2, -0.15) is 0 Å². The summed E-state index contributed by atoms with van der Waals surface area (Å²) in [6.07, 6.45) is 2.37. The van der Waals surface area contributed by atoms with Crippen LogP contribution >= 0.6 is 0 Å². The molecule has 162 valence electrons. The van der Waals surface area contributed by atoms with E-state index in [0.717, 1.165) is 11.8 Å². The van der Waals surface area contributed by atoms with Gasteiger partial charge >= 0.3 is 0 Å². The van der Waals surface area contributed by atoms with E-state index in [0.29, 0.717) is 0 Å². The molecule has 0 aliphatic carbocycles. The van der Waals surface area contributed by atoms with Crippen LogP contribution in [-0.4, -0.2) is 0 Å². The van der Waals surface area contributed by atoms with Crippen molar-refractivity contribution in [2.75, 3.05) is 0 Å². The van der Waals surface area contributed by atoms with Gasteiger partial charge in [0.15, 0.2) is 0 Å². The predicted octanol–water partition coefficient (Wildman–Crippen LogP) is 9.61. The molecule has 0 radical (unpaired) electrons. The van der Waals surface area contributed by atoms with Crippen molar-refractivity contribution in [1.29, 1.82) is 0 Å². The molecule has 0 aromatic heterocycles. The summed E-state index contributed by atoms with van der Waals surface area (Å²) in [5, 5.41) is 2.69. The average molecular weight is 395 g/mol. The van der Waals surface area contributed by atoms with Gasteiger partial charge in [0, 0.05) is 0 Å². The molecule has 0 heteroatoms. The average Bonchev–Trinajstić information content (AvgIpc) is 2.71. The summed E-state index contributed by atoms with van der Waals surface area (Å²) in [6.45, 7) is 17.0.